The van der Waals surface area contributed by atoms with Gasteiger partial charge in [0.05, 0.1) is 16.3 Å². The maximum absolute atomic E-state index is 8.59. The molecule has 0 spiro atoms. The lowest BCUT2D eigenvalue weighted by Gasteiger charge is -2.20. The molecule has 28 heavy (non-hydrogen) atoms. The van der Waals surface area contributed by atoms with Gasteiger partial charge in [0.15, 0.2) is 0 Å². The van der Waals surface area contributed by atoms with Crippen LogP contribution in [0.25, 0.3) is 38.1 Å². The molecule has 0 unspecified atom stereocenters. The lowest BCUT2D eigenvalue weighted by Crippen LogP contribution is -2.36. The molecule has 0 fully saturated rings. The molecule has 3 aromatic heterocycles. The second-order valence-electron chi connectivity index (χ2n) is 10.3. The van der Waals surface area contributed by atoms with E-state index < -0.39 is 8.07 Å². The Morgan fingerprint density at radius 2 is 1.82 bits per heavy atom. The van der Waals surface area contributed by atoms with Gasteiger partial charge < -0.3 is 4.40 Å². The van der Waals surface area contributed by atoms with E-state index in [1.807, 2.05) is 0 Å². The van der Waals surface area contributed by atoms with E-state index in [1.54, 1.807) is 0 Å². The maximum Gasteiger partial charge on any atom is 0.145 e. The van der Waals surface area contributed by atoms with Crippen LogP contribution in [0.1, 0.15) is 29.1 Å². The molecule has 0 amide bonds. The lowest BCUT2D eigenvalue weighted by atomic mass is 9.86. The number of rotatable bonds is 2. The number of para-hydroxylation sites is 1. The number of hydrogen-bond acceptors (Lipinski definition) is 1. The number of aromatic nitrogens is 2. The Kier molecular flexibility index (Phi) is 3.09. The average molecular weight is 387 g/mol. The molecule has 2 aromatic carbocycles. The smallest absolute Gasteiger partial charge is 0.145 e. The number of hydrogen-bond donors (Lipinski definition) is 0. The van der Waals surface area contributed by atoms with E-state index in [-0.39, 0.29) is 17.6 Å². The second kappa shape index (κ2) is 5.57. The van der Waals surface area contributed by atoms with Crippen LogP contribution in [0.5, 0.6) is 0 Å². The zero-order valence-corrected chi connectivity index (χ0v) is 18.6. The van der Waals surface area contributed by atoms with Gasteiger partial charge in [0.1, 0.15) is 5.65 Å². The molecule has 0 saturated carbocycles. The highest BCUT2D eigenvalue weighted by Crippen LogP contribution is 2.37. The van der Waals surface area contributed by atoms with Gasteiger partial charge in [-0.05, 0) is 44.8 Å². The SMILES string of the molecule is [2H]c1nc2c3c(cc(CC(C)(C)C)cc3c3cccc4c([Si](C)(C)C)cn2c43)c1[2H]. The molecule has 142 valence electrons. The summed E-state index contributed by atoms with van der Waals surface area (Å²) >= 11 is 0. The first-order valence-electron chi connectivity index (χ1n) is 11.0. The van der Waals surface area contributed by atoms with E-state index in [4.69, 9.17) is 2.74 Å². The van der Waals surface area contributed by atoms with E-state index >= 15 is 0 Å². The highest BCUT2D eigenvalue weighted by molar-refractivity contribution is 6.90. The molecule has 3 heteroatoms. The van der Waals surface area contributed by atoms with Crippen molar-refractivity contribution in [3.63, 3.8) is 0 Å². The van der Waals surface area contributed by atoms with E-state index in [1.165, 1.54) is 27.0 Å². The minimum Gasteiger partial charge on any atom is -0.300 e. The Labute approximate surface area is 170 Å². The molecule has 5 aromatic rings. The van der Waals surface area contributed by atoms with Crippen molar-refractivity contribution < 1.29 is 2.74 Å². The second-order valence-corrected chi connectivity index (χ2v) is 15.4. The predicted octanol–water partition coefficient (Wildman–Crippen LogP) is 6.37. The van der Waals surface area contributed by atoms with Crippen LogP contribution >= 0.6 is 0 Å². The van der Waals surface area contributed by atoms with Crippen molar-refractivity contribution in [2.45, 2.75) is 46.8 Å². The van der Waals surface area contributed by atoms with Crippen LogP contribution < -0.4 is 5.19 Å². The highest BCUT2D eigenvalue weighted by atomic mass is 28.3. The third-order valence-electron chi connectivity index (χ3n) is 5.66. The summed E-state index contributed by atoms with van der Waals surface area (Å²) in [6, 6.07) is 11.2. The average Bonchev–Trinajstić information content (AvgIpc) is 3.03. The number of nitrogens with zero attached hydrogens (tertiary/aromatic N) is 2. The quantitative estimate of drug-likeness (QED) is 0.196. The topological polar surface area (TPSA) is 17.3 Å². The molecule has 0 bridgehead atoms. The Balaban J connectivity index is 2.05. The van der Waals surface area contributed by atoms with Crippen LogP contribution in [0, 0.1) is 5.41 Å². The van der Waals surface area contributed by atoms with Crippen molar-refractivity contribution in [1.82, 2.24) is 9.38 Å². The van der Waals surface area contributed by atoms with E-state index in [9.17, 15) is 0 Å². The molecule has 0 aliphatic rings. The fraction of sp³-hybridized carbons (Fsp3) is 0.320. The zero-order chi connectivity index (χ0) is 21.6. The van der Waals surface area contributed by atoms with Gasteiger partial charge in [0, 0.05) is 23.1 Å². The van der Waals surface area contributed by atoms with Gasteiger partial charge in [-0.3, -0.25) is 0 Å². The normalized spacial score (nSPS) is 14.5. The van der Waals surface area contributed by atoms with Gasteiger partial charge in [-0.1, -0.05) is 70.7 Å². The zero-order valence-electron chi connectivity index (χ0n) is 19.6. The summed E-state index contributed by atoms with van der Waals surface area (Å²) < 4.78 is 19.2. The number of fused-ring (bicyclic) bond motifs is 2. The van der Waals surface area contributed by atoms with Crippen LogP contribution in [-0.4, -0.2) is 17.5 Å². The summed E-state index contributed by atoms with van der Waals surface area (Å²) in [5, 5.41) is 6.93. The van der Waals surface area contributed by atoms with Gasteiger partial charge in [-0.2, -0.15) is 0 Å². The summed E-state index contributed by atoms with van der Waals surface area (Å²) in [7, 11) is -1.57. The van der Waals surface area contributed by atoms with Gasteiger partial charge in [-0.25, -0.2) is 4.98 Å². The molecule has 2 nitrogen and oxygen atoms in total. The Morgan fingerprint density at radius 1 is 1.07 bits per heavy atom. The molecule has 0 saturated heterocycles. The van der Waals surface area contributed by atoms with E-state index in [2.05, 4.69) is 86.3 Å². The van der Waals surface area contributed by atoms with Gasteiger partial charge in [0.25, 0.3) is 0 Å². The number of benzene rings is 2. The first kappa shape index (κ1) is 15.5. The lowest BCUT2D eigenvalue weighted by molar-refractivity contribution is 0.411. The largest absolute Gasteiger partial charge is 0.300 e. The van der Waals surface area contributed by atoms with Crippen LogP contribution in [0.3, 0.4) is 0 Å². The standard InChI is InChI=1S/C25H28N2Si/c1-25(2,3)14-16-12-17-10-11-26-24-22(17)20(13-16)18-8-7-9-19-21(28(4,5)6)15-27(24)23(18)19/h7-13,15H,14H2,1-6H3/i10D,11D. The molecule has 0 aliphatic carbocycles. The van der Waals surface area contributed by atoms with Crippen molar-refractivity contribution in [3.8, 4) is 0 Å². The van der Waals surface area contributed by atoms with Gasteiger partial charge in [0.2, 0.25) is 0 Å². The third-order valence-corrected chi connectivity index (χ3v) is 7.67. The van der Waals surface area contributed by atoms with Gasteiger partial charge >= 0.3 is 0 Å². The van der Waals surface area contributed by atoms with Crippen LogP contribution in [0.15, 0.2) is 48.7 Å². The third kappa shape index (κ3) is 2.56. The molecular formula is C25H28N2Si. The fourth-order valence-electron chi connectivity index (χ4n) is 4.61. The summed E-state index contributed by atoms with van der Waals surface area (Å²) in [6.45, 7) is 13.8. The molecule has 0 atom stereocenters. The maximum atomic E-state index is 8.59. The molecule has 0 radical (unpaired) electrons. The first-order chi connectivity index (χ1) is 14.0. The van der Waals surface area contributed by atoms with Crippen molar-refractivity contribution in [2.24, 2.45) is 5.41 Å². The van der Waals surface area contributed by atoms with E-state index in [0.717, 1.165) is 28.2 Å². The summed E-state index contributed by atoms with van der Waals surface area (Å²) in [6.07, 6.45) is 3.22. The van der Waals surface area contributed by atoms with Crippen LogP contribution in [0.2, 0.25) is 19.6 Å². The Hall–Kier alpha value is -2.39. The first-order valence-corrected chi connectivity index (χ1v) is 13.5. The highest BCUT2D eigenvalue weighted by Gasteiger charge is 2.24. The van der Waals surface area contributed by atoms with Crippen molar-refractivity contribution in [1.29, 1.82) is 0 Å². The minimum absolute atomic E-state index is 0.0483. The van der Waals surface area contributed by atoms with E-state index in [0.29, 0.717) is 0 Å². The van der Waals surface area contributed by atoms with Crippen molar-refractivity contribution in [3.05, 3.63) is 54.3 Å². The summed E-state index contributed by atoms with van der Waals surface area (Å²) in [4.78, 5) is 4.61. The van der Waals surface area contributed by atoms with Crippen molar-refractivity contribution in [2.75, 3.05) is 0 Å². The fourth-order valence-corrected chi connectivity index (χ4v) is 6.13. The molecule has 3 heterocycles. The number of pyridine rings is 2. The Morgan fingerprint density at radius 3 is 2.54 bits per heavy atom. The van der Waals surface area contributed by atoms with Gasteiger partial charge in [-0.15, -0.1) is 0 Å². The Bertz CT molecular complexity index is 1450. The monoisotopic (exact) mass is 386 g/mol. The van der Waals surface area contributed by atoms with Crippen molar-refractivity contribution >= 4 is 51.4 Å². The molecule has 0 N–H and O–H groups in total. The molecule has 5 rings (SSSR count). The summed E-state index contributed by atoms with van der Waals surface area (Å²) in [5.41, 5.74) is 3.36. The van der Waals surface area contributed by atoms with Crippen LogP contribution in [-0.2, 0) is 6.42 Å². The molecular weight excluding hydrogens is 356 g/mol. The van der Waals surface area contributed by atoms with Crippen LogP contribution in [0.4, 0.5) is 0 Å². The molecule has 0 aliphatic heterocycles. The summed E-state index contributed by atoms with van der Waals surface area (Å²) in [5.74, 6) is 0. The minimum atomic E-state index is -1.57. The predicted molar refractivity (Wildman–Crippen MR) is 125 cm³/mol.